The number of nitrogens with zero attached hydrogens (tertiary/aromatic N) is 1. The molecule has 1 fully saturated rings. The summed E-state index contributed by atoms with van der Waals surface area (Å²) in [7, 11) is 0. The van der Waals surface area contributed by atoms with Crippen LogP contribution >= 0.6 is 0 Å². The van der Waals surface area contributed by atoms with E-state index >= 15 is 0 Å². The Hall–Kier alpha value is -2.62. The highest BCUT2D eigenvalue weighted by Crippen LogP contribution is 2.38. The maximum atomic E-state index is 13.4. The molecule has 0 aliphatic carbocycles. The Kier molecular flexibility index (Phi) is 6.64. The van der Waals surface area contributed by atoms with Gasteiger partial charge < -0.3 is 10.2 Å². The third kappa shape index (κ3) is 4.75. The van der Waals surface area contributed by atoms with E-state index in [2.05, 4.69) is 48.6 Å². The Bertz CT molecular complexity index is 919. The average Bonchev–Trinajstić information content (AvgIpc) is 3.12. The molecule has 1 atom stereocenters. The molecule has 0 unspecified atom stereocenters. The minimum Gasteiger partial charge on any atom is -0.353 e. The molecule has 30 heavy (non-hydrogen) atoms. The number of amides is 2. The van der Waals surface area contributed by atoms with Gasteiger partial charge in [0.15, 0.2) is 0 Å². The molecule has 3 rings (SSSR count). The van der Waals surface area contributed by atoms with Gasteiger partial charge in [0.2, 0.25) is 11.8 Å². The predicted octanol–water partition coefficient (Wildman–Crippen LogP) is 4.60. The Morgan fingerprint density at radius 3 is 2.47 bits per heavy atom. The van der Waals surface area contributed by atoms with E-state index in [4.69, 9.17) is 0 Å². The molecule has 0 aromatic heterocycles. The van der Waals surface area contributed by atoms with Crippen molar-refractivity contribution in [2.24, 2.45) is 11.3 Å². The number of carbonyl (C=O) groups excluding carboxylic acids is 2. The number of benzene rings is 2. The molecule has 160 valence electrons. The Balaban J connectivity index is 1.97. The summed E-state index contributed by atoms with van der Waals surface area (Å²) < 4.78 is 0. The zero-order valence-electron chi connectivity index (χ0n) is 18.9. The maximum Gasteiger partial charge on any atom is 0.228 e. The molecule has 1 saturated heterocycles. The van der Waals surface area contributed by atoms with Crippen molar-refractivity contribution in [2.75, 3.05) is 13.1 Å². The fourth-order valence-corrected chi connectivity index (χ4v) is 4.38. The van der Waals surface area contributed by atoms with Gasteiger partial charge in [-0.25, -0.2) is 0 Å². The highest BCUT2D eigenvalue weighted by molar-refractivity contribution is 5.86. The van der Waals surface area contributed by atoms with Crippen molar-refractivity contribution in [3.63, 3.8) is 0 Å². The summed E-state index contributed by atoms with van der Waals surface area (Å²) in [6, 6.07) is 16.9. The SMILES string of the molecule is Cc1cccc(-c2ccccc2C[C@]2(C(=O)NC(C)C)CCN(C(=O)C(C)C)C2)c1. The van der Waals surface area contributed by atoms with Crippen LogP contribution < -0.4 is 5.32 Å². The first-order valence-corrected chi connectivity index (χ1v) is 11.0. The van der Waals surface area contributed by atoms with Crippen molar-refractivity contribution >= 4 is 11.8 Å². The second-order valence-corrected chi connectivity index (χ2v) is 9.28. The maximum absolute atomic E-state index is 13.4. The van der Waals surface area contributed by atoms with Crippen molar-refractivity contribution in [1.82, 2.24) is 10.2 Å². The Morgan fingerprint density at radius 2 is 1.80 bits per heavy atom. The van der Waals surface area contributed by atoms with Crippen LogP contribution in [0.2, 0.25) is 0 Å². The molecule has 0 bridgehead atoms. The lowest BCUT2D eigenvalue weighted by molar-refractivity contribution is -0.135. The lowest BCUT2D eigenvalue weighted by Gasteiger charge is -2.30. The third-order valence-corrected chi connectivity index (χ3v) is 5.94. The zero-order chi connectivity index (χ0) is 21.9. The van der Waals surface area contributed by atoms with Gasteiger partial charge in [-0.15, -0.1) is 0 Å². The second kappa shape index (κ2) is 9.03. The quantitative estimate of drug-likeness (QED) is 0.762. The van der Waals surface area contributed by atoms with Crippen LogP contribution in [0.3, 0.4) is 0 Å². The Labute approximate surface area is 180 Å². The van der Waals surface area contributed by atoms with Crippen molar-refractivity contribution in [3.8, 4) is 11.1 Å². The van der Waals surface area contributed by atoms with E-state index < -0.39 is 5.41 Å². The van der Waals surface area contributed by atoms with Gasteiger partial charge in [0.05, 0.1) is 5.41 Å². The number of hydrogen-bond donors (Lipinski definition) is 1. The minimum atomic E-state index is -0.602. The number of nitrogens with one attached hydrogen (secondary N) is 1. The van der Waals surface area contributed by atoms with E-state index in [0.29, 0.717) is 25.9 Å². The zero-order valence-corrected chi connectivity index (χ0v) is 18.9. The fraction of sp³-hybridized carbons (Fsp3) is 0.462. The molecule has 2 aromatic rings. The molecular formula is C26H34N2O2. The monoisotopic (exact) mass is 406 g/mol. The van der Waals surface area contributed by atoms with Crippen LogP contribution in [0, 0.1) is 18.3 Å². The molecule has 1 aliphatic rings. The molecule has 1 N–H and O–H groups in total. The van der Waals surface area contributed by atoms with E-state index in [0.717, 1.165) is 16.7 Å². The summed E-state index contributed by atoms with van der Waals surface area (Å²) in [5.74, 6) is 0.116. The van der Waals surface area contributed by atoms with Crippen LogP contribution in [0.15, 0.2) is 48.5 Å². The van der Waals surface area contributed by atoms with Gasteiger partial charge in [-0.3, -0.25) is 9.59 Å². The van der Waals surface area contributed by atoms with Crippen LogP contribution in [-0.2, 0) is 16.0 Å². The van der Waals surface area contributed by atoms with E-state index in [1.807, 2.05) is 44.7 Å². The lowest BCUT2D eigenvalue weighted by atomic mass is 9.78. The number of aryl methyl sites for hydroxylation is 1. The van der Waals surface area contributed by atoms with Gasteiger partial charge in [0, 0.05) is 25.0 Å². The van der Waals surface area contributed by atoms with Gasteiger partial charge in [-0.1, -0.05) is 67.9 Å². The van der Waals surface area contributed by atoms with Crippen molar-refractivity contribution in [3.05, 3.63) is 59.7 Å². The molecule has 0 saturated carbocycles. The molecule has 2 amide bonds. The summed E-state index contributed by atoms with van der Waals surface area (Å²) in [5.41, 5.74) is 4.09. The second-order valence-electron chi connectivity index (χ2n) is 9.28. The van der Waals surface area contributed by atoms with E-state index in [1.165, 1.54) is 5.56 Å². The number of likely N-dealkylation sites (tertiary alicyclic amines) is 1. The topological polar surface area (TPSA) is 49.4 Å². The summed E-state index contributed by atoms with van der Waals surface area (Å²) in [4.78, 5) is 27.9. The first kappa shape index (κ1) is 22.1. The summed E-state index contributed by atoms with van der Waals surface area (Å²) in [6.45, 7) is 11.0. The standard InChI is InChI=1S/C26H34N2O2/c1-18(2)24(29)28-14-13-26(17-28,25(30)27-19(3)4)16-22-10-6-7-12-23(22)21-11-8-9-20(5)15-21/h6-12,15,18-19H,13-14,16-17H2,1-5H3,(H,27,30)/t26-/m1/s1. The summed E-state index contributed by atoms with van der Waals surface area (Å²) >= 11 is 0. The predicted molar refractivity (Wildman–Crippen MR) is 122 cm³/mol. The lowest BCUT2D eigenvalue weighted by Crippen LogP contribution is -2.47. The summed E-state index contributed by atoms with van der Waals surface area (Å²) in [5, 5.41) is 3.13. The normalized spacial score (nSPS) is 18.8. The molecule has 4 nitrogen and oxygen atoms in total. The average molecular weight is 407 g/mol. The number of carbonyl (C=O) groups is 2. The van der Waals surface area contributed by atoms with E-state index in [9.17, 15) is 9.59 Å². The molecule has 0 radical (unpaired) electrons. The van der Waals surface area contributed by atoms with Gasteiger partial charge >= 0.3 is 0 Å². The first-order chi connectivity index (χ1) is 14.2. The van der Waals surface area contributed by atoms with Crippen LogP contribution in [0.5, 0.6) is 0 Å². The smallest absolute Gasteiger partial charge is 0.228 e. The molecule has 1 heterocycles. The third-order valence-electron chi connectivity index (χ3n) is 5.94. The molecule has 1 aliphatic heterocycles. The van der Waals surface area contributed by atoms with Gasteiger partial charge in [-0.05, 0) is 50.3 Å². The van der Waals surface area contributed by atoms with Gasteiger partial charge in [-0.2, -0.15) is 0 Å². The fourth-order valence-electron chi connectivity index (χ4n) is 4.38. The Morgan fingerprint density at radius 1 is 1.07 bits per heavy atom. The van der Waals surface area contributed by atoms with Crippen molar-refractivity contribution in [2.45, 2.75) is 53.5 Å². The van der Waals surface area contributed by atoms with E-state index in [1.54, 1.807) is 0 Å². The molecule has 4 heteroatoms. The number of rotatable bonds is 6. The highest BCUT2D eigenvalue weighted by Gasteiger charge is 2.46. The van der Waals surface area contributed by atoms with Crippen LogP contribution in [0.25, 0.3) is 11.1 Å². The van der Waals surface area contributed by atoms with Crippen LogP contribution in [0.1, 0.15) is 45.2 Å². The first-order valence-electron chi connectivity index (χ1n) is 11.0. The van der Waals surface area contributed by atoms with Crippen LogP contribution in [0.4, 0.5) is 0 Å². The number of hydrogen-bond acceptors (Lipinski definition) is 2. The van der Waals surface area contributed by atoms with Gasteiger partial charge in [0.25, 0.3) is 0 Å². The van der Waals surface area contributed by atoms with Crippen molar-refractivity contribution < 1.29 is 9.59 Å². The van der Waals surface area contributed by atoms with Crippen molar-refractivity contribution in [1.29, 1.82) is 0 Å². The molecule has 2 aromatic carbocycles. The molecule has 0 spiro atoms. The summed E-state index contributed by atoms with van der Waals surface area (Å²) in [6.07, 6.45) is 1.31. The molecular weight excluding hydrogens is 372 g/mol. The largest absolute Gasteiger partial charge is 0.353 e. The minimum absolute atomic E-state index is 0.0515. The van der Waals surface area contributed by atoms with Crippen LogP contribution in [-0.4, -0.2) is 35.8 Å². The highest BCUT2D eigenvalue weighted by atomic mass is 16.2. The van der Waals surface area contributed by atoms with E-state index in [-0.39, 0.29) is 23.8 Å². The van der Waals surface area contributed by atoms with Gasteiger partial charge in [0.1, 0.15) is 0 Å².